The number of hydrogen-bond acceptors (Lipinski definition) is 5. The highest BCUT2D eigenvalue weighted by Gasteiger charge is 2.28. The molecule has 1 amide bonds. The van der Waals surface area contributed by atoms with E-state index in [0.29, 0.717) is 5.69 Å². The molecule has 0 saturated heterocycles. The molecule has 1 atom stereocenters. The molecule has 0 bridgehead atoms. The highest BCUT2D eigenvalue weighted by molar-refractivity contribution is 7.89. The highest BCUT2D eigenvalue weighted by Crippen LogP contribution is 2.20. The maximum absolute atomic E-state index is 12.4. The number of rotatable bonds is 5. The molecule has 1 aromatic heterocycles. The quantitative estimate of drug-likeness (QED) is 0.860. The summed E-state index contributed by atoms with van der Waals surface area (Å²) in [5.74, 6) is -0.263. The predicted molar refractivity (Wildman–Crippen MR) is 90.3 cm³/mol. The standard InChI is InChI=1S/C16H21N3O4S/c1-9-7-6-8-14(10(9)2)17-16(20)12(4)19-24(21,22)15-11(3)18-23-13(15)5/h6-8,12,19H,1-5H3,(H,17,20)/t12-/m0/s1. The van der Waals surface area contributed by atoms with E-state index < -0.39 is 22.0 Å². The summed E-state index contributed by atoms with van der Waals surface area (Å²) < 4.78 is 32.1. The van der Waals surface area contributed by atoms with Crippen LogP contribution in [0.1, 0.15) is 29.5 Å². The summed E-state index contributed by atoms with van der Waals surface area (Å²) in [6, 6.07) is 4.59. The predicted octanol–water partition coefficient (Wildman–Crippen LogP) is 2.21. The van der Waals surface area contributed by atoms with E-state index in [0.717, 1.165) is 11.1 Å². The summed E-state index contributed by atoms with van der Waals surface area (Å²) in [6.45, 7) is 8.36. The molecular formula is C16H21N3O4S. The Morgan fingerprint density at radius 1 is 1.21 bits per heavy atom. The number of amides is 1. The van der Waals surface area contributed by atoms with Gasteiger partial charge < -0.3 is 9.84 Å². The Kier molecular flexibility index (Phi) is 5.10. The van der Waals surface area contributed by atoms with Gasteiger partial charge in [0.05, 0.1) is 6.04 Å². The summed E-state index contributed by atoms with van der Waals surface area (Å²) in [5.41, 5.74) is 2.88. The molecule has 0 aliphatic heterocycles. The second kappa shape index (κ2) is 6.74. The van der Waals surface area contributed by atoms with Gasteiger partial charge >= 0.3 is 0 Å². The summed E-state index contributed by atoms with van der Waals surface area (Å²) in [6.07, 6.45) is 0. The summed E-state index contributed by atoms with van der Waals surface area (Å²) in [7, 11) is -3.90. The van der Waals surface area contributed by atoms with E-state index in [1.807, 2.05) is 26.0 Å². The monoisotopic (exact) mass is 351 g/mol. The Labute approximate surface area is 141 Å². The minimum atomic E-state index is -3.90. The largest absolute Gasteiger partial charge is 0.360 e. The molecule has 2 N–H and O–H groups in total. The van der Waals surface area contributed by atoms with Crippen LogP contribution in [0.5, 0.6) is 0 Å². The van der Waals surface area contributed by atoms with Gasteiger partial charge in [-0.25, -0.2) is 8.42 Å². The first kappa shape index (κ1) is 18.2. The zero-order valence-electron chi connectivity index (χ0n) is 14.3. The topological polar surface area (TPSA) is 101 Å². The molecule has 0 aliphatic rings. The molecule has 0 unspecified atom stereocenters. The fourth-order valence-electron chi connectivity index (χ4n) is 2.33. The van der Waals surface area contributed by atoms with E-state index in [9.17, 15) is 13.2 Å². The van der Waals surface area contributed by atoms with Crippen molar-refractivity contribution in [3.8, 4) is 0 Å². The van der Waals surface area contributed by atoms with Crippen molar-refractivity contribution in [3.63, 3.8) is 0 Å². The number of sulfonamides is 1. The van der Waals surface area contributed by atoms with Gasteiger partial charge in [-0.15, -0.1) is 0 Å². The van der Waals surface area contributed by atoms with Crippen LogP contribution in [0.25, 0.3) is 0 Å². The van der Waals surface area contributed by atoms with E-state index in [-0.39, 0.29) is 16.3 Å². The van der Waals surface area contributed by atoms with Crippen LogP contribution in [0, 0.1) is 27.7 Å². The zero-order chi connectivity index (χ0) is 18.1. The lowest BCUT2D eigenvalue weighted by Crippen LogP contribution is -2.41. The summed E-state index contributed by atoms with van der Waals surface area (Å²) >= 11 is 0. The lowest BCUT2D eigenvalue weighted by molar-refractivity contribution is -0.117. The Hall–Kier alpha value is -2.19. The lowest BCUT2D eigenvalue weighted by atomic mass is 10.1. The second-order valence-electron chi connectivity index (χ2n) is 5.73. The van der Waals surface area contributed by atoms with Crippen LogP contribution in [0.4, 0.5) is 5.69 Å². The van der Waals surface area contributed by atoms with E-state index in [4.69, 9.17) is 4.52 Å². The van der Waals surface area contributed by atoms with Gasteiger partial charge in [-0.1, -0.05) is 17.3 Å². The molecule has 0 aliphatic carbocycles. The number of aromatic nitrogens is 1. The van der Waals surface area contributed by atoms with Crippen LogP contribution in [-0.4, -0.2) is 25.5 Å². The molecule has 0 spiro atoms. The third-order valence-corrected chi connectivity index (χ3v) is 5.61. The van der Waals surface area contributed by atoms with Gasteiger partial charge in [0.15, 0.2) is 5.76 Å². The molecule has 130 valence electrons. The highest BCUT2D eigenvalue weighted by atomic mass is 32.2. The van der Waals surface area contributed by atoms with Crippen molar-refractivity contribution in [2.45, 2.75) is 45.6 Å². The Morgan fingerprint density at radius 3 is 2.46 bits per heavy atom. The summed E-state index contributed by atoms with van der Waals surface area (Å²) in [4.78, 5) is 12.3. The van der Waals surface area contributed by atoms with Gasteiger partial charge in [0.1, 0.15) is 10.6 Å². The van der Waals surface area contributed by atoms with Gasteiger partial charge in [0.2, 0.25) is 15.9 Å². The third kappa shape index (κ3) is 3.65. The SMILES string of the molecule is Cc1cccc(NC(=O)[C@H](C)NS(=O)(=O)c2c(C)noc2C)c1C. The van der Waals surface area contributed by atoms with E-state index in [2.05, 4.69) is 15.2 Å². The van der Waals surface area contributed by atoms with Gasteiger partial charge in [-0.2, -0.15) is 4.72 Å². The van der Waals surface area contributed by atoms with Gasteiger partial charge in [-0.3, -0.25) is 4.79 Å². The average Bonchev–Trinajstić information content (AvgIpc) is 2.83. The van der Waals surface area contributed by atoms with Crippen LogP contribution in [0.2, 0.25) is 0 Å². The van der Waals surface area contributed by atoms with Crippen LogP contribution in [-0.2, 0) is 14.8 Å². The minimum absolute atomic E-state index is 0.0334. The maximum atomic E-state index is 12.4. The maximum Gasteiger partial charge on any atom is 0.246 e. The zero-order valence-corrected chi connectivity index (χ0v) is 15.1. The number of nitrogens with one attached hydrogen (secondary N) is 2. The first-order valence-electron chi connectivity index (χ1n) is 7.45. The molecule has 1 aromatic carbocycles. The van der Waals surface area contributed by atoms with E-state index >= 15 is 0 Å². The smallest absolute Gasteiger partial charge is 0.246 e. The Bertz CT molecular complexity index is 852. The van der Waals surface area contributed by atoms with Crippen molar-refractivity contribution in [1.29, 1.82) is 0 Å². The molecule has 1 heterocycles. The molecule has 7 nitrogen and oxygen atoms in total. The minimum Gasteiger partial charge on any atom is -0.360 e. The molecule has 0 fully saturated rings. The molecule has 24 heavy (non-hydrogen) atoms. The lowest BCUT2D eigenvalue weighted by Gasteiger charge is -2.16. The number of benzene rings is 1. The first-order valence-corrected chi connectivity index (χ1v) is 8.94. The molecule has 2 aromatic rings. The molecule has 8 heteroatoms. The third-order valence-electron chi connectivity index (χ3n) is 3.82. The number of nitrogens with zero attached hydrogens (tertiary/aromatic N) is 1. The number of carbonyl (C=O) groups excluding carboxylic acids is 1. The van der Waals surface area contributed by atoms with Crippen molar-refractivity contribution < 1.29 is 17.7 Å². The molecule has 0 saturated carbocycles. The van der Waals surface area contributed by atoms with E-state index in [1.54, 1.807) is 6.07 Å². The fourth-order valence-corrected chi connectivity index (χ4v) is 3.86. The van der Waals surface area contributed by atoms with Gasteiger partial charge in [0, 0.05) is 5.69 Å². The number of anilines is 1. The van der Waals surface area contributed by atoms with Gasteiger partial charge in [-0.05, 0) is 51.8 Å². The molecule has 0 radical (unpaired) electrons. The van der Waals surface area contributed by atoms with Crippen molar-refractivity contribution in [2.24, 2.45) is 0 Å². The van der Waals surface area contributed by atoms with Crippen LogP contribution < -0.4 is 10.0 Å². The van der Waals surface area contributed by atoms with Crippen LogP contribution in [0.3, 0.4) is 0 Å². The summed E-state index contributed by atoms with van der Waals surface area (Å²) in [5, 5.41) is 6.37. The van der Waals surface area contributed by atoms with Crippen molar-refractivity contribution in [2.75, 3.05) is 5.32 Å². The Morgan fingerprint density at radius 2 is 1.88 bits per heavy atom. The second-order valence-corrected chi connectivity index (χ2v) is 7.38. The van der Waals surface area contributed by atoms with Crippen LogP contribution in [0.15, 0.2) is 27.6 Å². The average molecular weight is 351 g/mol. The first-order chi connectivity index (χ1) is 11.1. The van der Waals surface area contributed by atoms with E-state index in [1.165, 1.54) is 20.8 Å². The number of carbonyl (C=O) groups is 1. The molecule has 2 rings (SSSR count). The molecular weight excluding hydrogens is 330 g/mol. The van der Waals surface area contributed by atoms with Crippen LogP contribution >= 0.6 is 0 Å². The number of aryl methyl sites for hydroxylation is 3. The normalized spacial score (nSPS) is 12.9. The van der Waals surface area contributed by atoms with Crippen molar-refractivity contribution >= 4 is 21.6 Å². The Balaban J connectivity index is 2.16. The number of hydrogen-bond donors (Lipinski definition) is 2. The fraction of sp³-hybridized carbons (Fsp3) is 0.375. The van der Waals surface area contributed by atoms with Gasteiger partial charge in [0.25, 0.3) is 0 Å². The van der Waals surface area contributed by atoms with Crippen molar-refractivity contribution in [1.82, 2.24) is 9.88 Å². The van der Waals surface area contributed by atoms with Crippen molar-refractivity contribution in [3.05, 3.63) is 40.8 Å².